The number of hydrogen-bond donors (Lipinski definition) is 0. The van der Waals surface area contributed by atoms with E-state index in [1.807, 2.05) is 44.2 Å². The number of hydrogen-bond acceptors (Lipinski definition) is 4. The van der Waals surface area contributed by atoms with Gasteiger partial charge in [-0.1, -0.05) is 18.2 Å². The topological polar surface area (TPSA) is 38.8 Å². The average molecular weight is 263 g/mol. The smallest absolute Gasteiger partial charge is 0.328 e. The van der Waals surface area contributed by atoms with Crippen molar-refractivity contribution >= 4 is 11.7 Å². The van der Waals surface area contributed by atoms with E-state index in [1.165, 1.54) is 7.11 Å². The number of carbonyl (C=O) groups excluding carboxylic acids is 1. The second-order valence-electron chi connectivity index (χ2n) is 5.07. The third-order valence-corrected chi connectivity index (χ3v) is 3.29. The molecule has 2 atom stereocenters. The molecule has 1 heterocycles. The molecule has 0 spiro atoms. The van der Waals surface area contributed by atoms with Crippen molar-refractivity contribution < 1.29 is 14.3 Å². The van der Waals surface area contributed by atoms with E-state index < -0.39 is 0 Å². The Kier molecular flexibility index (Phi) is 4.43. The first-order valence-corrected chi connectivity index (χ1v) is 6.66. The van der Waals surface area contributed by atoms with Gasteiger partial charge in [0.15, 0.2) is 0 Å². The number of esters is 1. The second-order valence-corrected chi connectivity index (χ2v) is 5.07. The Balaban J connectivity index is 2.16. The summed E-state index contributed by atoms with van der Waals surface area (Å²) in [5.74, 6) is -0.196. The summed E-state index contributed by atoms with van der Waals surface area (Å²) in [5, 5.41) is 0. The van der Waals surface area contributed by atoms with Crippen LogP contribution in [0.3, 0.4) is 0 Å². The summed E-state index contributed by atoms with van der Waals surface area (Å²) in [7, 11) is 1.43. The molecule has 1 fully saturated rings. The largest absolute Gasteiger partial charge is 0.467 e. The van der Waals surface area contributed by atoms with E-state index in [1.54, 1.807) is 0 Å². The molecule has 0 amide bonds. The van der Waals surface area contributed by atoms with Crippen LogP contribution in [0, 0.1) is 0 Å². The van der Waals surface area contributed by atoms with Gasteiger partial charge in [-0.25, -0.2) is 4.79 Å². The predicted octanol–water partition coefficient (Wildman–Crippen LogP) is 2.23. The Morgan fingerprint density at radius 1 is 1.32 bits per heavy atom. The van der Waals surface area contributed by atoms with E-state index in [-0.39, 0.29) is 24.2 Å². The van der Waals surface area contributed by atoms with Crippen molar-refractivity contribution in [3.8, 4) is 0 Å². The lowest BCUT2D eigenvalue weighted by Crippen LogP contribution is -2.36. The molecule has 0 aliphatic carbocycles. The van der Waals surface area contributed by atoms with Gasteiger partial charge in [-0.3, -0.25) is 0 Å². The number of benzene rings is 1. The zero-order chi connectivity index (χ0) is 13.8. The van der Waals surface area contributed by atoms with Crippen molar-refractivity contribution in [3.63, 3.8) is 0 Å². The Hall–Kier alpha value is -1.55. The SMILES string of the molecule is COC(=O)[C@H]1C[C@@H](OC(C)C)CN1c1ccccc1. The van der Waals surface area contributed by atoms with Crippen molar-refractivity contribution in [2.24, 2.45) is 0 Å². The molecule has 4 heteroatoms. The number of para-hydroxylation sites is 1. The lowest BCUT2D eigenvalue weighted by molar-refractivity contribution is -0.142. The highest BCUT2D eigenvalue weighted by Gasteiger charge is 2.38. The normalized spacial score (nSPS) is 22.8. The Morgan fingerprint density at radius 3 is 2.58 bits per heavy atom. The first-order chi connectivity index (χ1) is 9.11. The number of nitrogens with zero attached hydrogens (tertiary/aromatic N) is 1. The lowest BCUT2D eigenvalue weighted by atomic mass is 10.2. The van der Waals surface area contributed by atoms with E-state index in [0.717, 1.165) is 12.2 Å². The molecule has 0 radical (unpaired) electrons. The van der Waals surface area contributed by atoms with Crippen LogP contribution in [0.5, 0.6) is 0 Å². The molecule has 0 aromatic heterocycles. The third kappa shape index (κ3) is 3.26. The van der Waals surface area contributed by atoms with Crippen LogP contribution in [0.4, 0.5) is 5.69 Å². The summed E-state index contributed by atoms with van der Waals surface area (Å²) >= 11 is 0. The highest BCUT2D eigenvalue weighted by molar-refractivity contribution is 5.81. The highest BCUT2D eigenvalue weighted by atomic mass is 16.5. The van der Waals surface area contributed by atoms with Crippen LogP contribution in [0.15, 0.2) is 30.3 Å². The van der Waals surface area contributed by atoms with E-state index in [4.69, 9.17) is 9.47 Å². The monoisotopic (exact) mass is 263 g/mol. The molecular weight excluding hydrogens is 242 g/mol. The van der Waals surface area contributed by atoms with Gasteiger partial charge >= 0.3 is 5.97 Å². The van der Waals surface area contributed by atoms with Crippen LogP contribution in [0.25, 0.3) is 0 Å². The zero-order valence-electron chi connectivity index (χ0n) is 11.7. The minimum Gasteiger partial charge on any atom is -0.467 e. The molecule has 0 N–H and O–H groups in total. The van der Waals surface area contributed by atoms with Crippen molar-refractivity contribution in [3.05, 3.63) is 30.3 Å². The molecule has 0 saturated carbocycles. The second kappa shape index (κ2) is 6.06. The van der Waals surface area contributed by atoms with Crippen molar-refractivity contribution in [1.82, 2.24) is 0 Å². The fourth-order valence-electron chi connectivity index (χ4n) is 2.55. The number of carbonyl (C=O) groups is 1. The minimum absolute atomic E-state index is 0.0734. The first-order valence-electron chi connectivity index (χ1n) is 6.66. The maximum atomic E-state index is 11.9. The van der Waals surface area contributed by atoms with E-state index >= 15 is 0 Å². The number of ether oxygens (including phenoxy) is 2. The molecule has 1 aliphatic rings. The van der Waals surface area contributed by atoms with Crippen molar-refractivity contribution in [2.75, 3.05) is 18.6 Å². The molecular formula is C15H21NO3. The molecule has 104 valence electrons. The van der Waals surface area contributed by atoms with Crippen LogP contribution >= 0.6 is 0 Å². The number of methoxy groups -OCH3 is 1. The molecule has 19 heavy (non-hydrogen) atoms. The van der Waals surface area contributed by atoms with Crippen molar-refractivity contribution in [1.29, 1.82) is 0 Å². The van der Waals surface area contributed by atoms with E-state index in [0.29, 0.717) is 6.42 Å². The van der Waals surface area contributed by atoms with Gasteiger partial charge in [-0.15, -0.1) is 0 Å². The van der Waals surface area contributed by atoms with Gasteiger partial charge in [-0.2, -0.15) is 0 Å². The summed E-state index contributed by atoms with van der Waals surface area (Å²) in [6.45, 7) is 4.75. The average Bonchev–Trinajstić information content (AvgIpc) is 2.82. The Labute approximate surface area is 114 Å². The van der Waals surface area contributed by atoms with Gasteiger partial charge in [0.1, 0.15) is 6.04 Å². The zero-order valence-corrected chi connectivity index (χ0v) is 11.7. The third-order valence-electron chi connectivity index (χ3n) is 3.29. The number of anilines is 1. The molecule has 4 nitrogen and oxygen atoms in total. The van der Waals surface area contributed by atoms with E-state index in [2.05, 4.69) is 4.90 Å². The van der Waals surface area contributed by atoms with E-state index in [9.17, 15) is 4.79 Å². The maximum absolute atomic E-state index is 11.9. The van der Waals surface area contributed by atoms with Crippen molar-refractivity contribution in [2.45, 2.75) is 38.5 Å². The van der Waals surface area contributed by atoms with Gasteiger partial charge in [-0.05, 0) is 26.0 Å². The first kappa shape index (κ1) is 13.9. The van der Waals surface area contributed by atoms with Crippen LogP contribution in [0.2, 0.25) is 0 Å². The molecule has 0 bridgehead atoms. The molecule has 0 unspecified atom stereocenters. The fourth-order valence-corrected chi connectivity index (χ4v) is 2.55. The standard InChI is InChI=1S/C15H21NO3/c1-11(2)19-13-9-14(15(17)18-3)16(10-13)12-7-5-4-6-8-12/h4-8,11,13-14H,9-10H2,1-3H3/t13-,14-/m1/s1. The summed E-state index contributed by atoms with van der Waals surface area (Å²) in [4.78, 5) is 14.0. The summed E-state index contributed by atoms with van der Waals surface area (Å²) in [5.41, 5.74) is 1.03. The fraction of sp³-hybridized carbons (Fsp3) is 0.533. The minimum atomic E-state index is -0.254. The van der Waals surface area contributed by atoms with Crippen LogP contribution in [-0.2, 0) is 14.3 Å². The summed E-state index contributed by atoms with van der Waals surface area (Å²) in [6.07, 6.45) is 0.919. The number of rotatable bonds is 4. The Morgan fingerprint density at radius 2 is 2.00 bits per heavy atom. The van der Waals surface area contributed by atoms with Crippen LogP contribution in [-0.4, -0.2) is 37.9 Å². The quantitative estimate of drug-likeness (QED) is 0.781. The lowest BCUT2D eigenvalue weighted by Gasteiger charge is -2.24. The molecule has 1 saturated heterocycles. The predicted molar refractivity (Wildman–Crippen MR) is 74.2 cm³/mol. The van der Waals surface area contributed by atoms with Gasteiger partial charge in [0, 0.05) is 18.7 Å². The Bertz CT molecular complexity index is 419. The van der Waals surface area contributed by atoms with Crippen LogP contribution < -0.4 is 4.90 Å². The van der Waals surface area contributed by atoms with Gasteiger partial charge < -0.3 is 14.4 Å². The molecule has 1 aromatic rings. The summed E-state index contributed by atoms with van der Waals surface area (Å²) < 4.78 is 10.7. The van der Waals surface area contributed by atoms with Gasteiger partial charge in [0.2, 0.25) is 0 Å². The molecule has 1 aromatic carbocycles. The van der Waals surface area contributed by atoms with Gasteiger partial charge in [0.25, 0.3) is 0 Å². The van der Waals surface area contributed by atoms with Gasteiger partial charge in [0.05, 0.1) is 19.3 Å². The molecule has 1 aliphatic heterocycles. The highest BCUT2D eigenvalue weighted by Crippen LogP contribution is 2.28. The molecule has 2 rings (SSSR count). The summed E-state index contributed by atoms with van der Waals surface area (Å²) in [6, 6.07) is 9.67. The van der Waals surface area contributed by atoms with Crippen LogP contribution in [0.1, 0.15) is 20.3 Å². The maximum Gasteiger partial charge on any atom is 0.328 e.